The van der Waals surface area contributed by atoms with Crippen LogP contribution in [0.1, 0.15) is 25.7 Å². The van der Waals surface area contributed by atoms with E-state index in [-0.39, 0.29) is 35.7 Å². The monoisotopic (exact) mass is 391 g/mol. The van der Waals surface area contributed by atoms with Crippen molar-refractivity contribution < 1.29 is 13.2 Å². The summed E-state index contributed by atoms with van der Waals surface area (Å²) in [6.45, 7) is 5.59. The van der Waals surface area contributed by atoms with E-state index < -0.39 is 9.84 Å². The van der Waals surface area contributed by atoms with E-state index in [9.17, 15) is 13.2 Å². The second kappa shape index (κ2) is 6.79. The fourth-order valence-electron chi connectivity index (χ4n) is 4.17. The number of aromatic nitrogens is 2. The average Bonchev–Trinajstić information content (AvgIpc) is 3.14. The summed E-state index contributed by atoms with van der Waals surface area (Å²) in [7, 11) is -3.10. The highest BCUT2D eigenvalue weighted by Crippen LogP contribution is 2.23. The number of amides is 2. The van der Waals surface area contributed by atoms with Crippen LogP contribution >= 0.6 is 0 Å². The number of hydrogen-bond donors (Lipinski definition) is 2. The van der Waals surface area contributed by atoms with Crippen molar-refractivity contribution in [2.45, 2.75) is 38.5 Å². The molecule has 2 aromatic rings. The Morgan fingerprint density at radius 3 is 2.89 bits per heavy atom. The van der Waals surface area contributed by atoms with E-state index >= 15 is 0 Å². The minimum Gasteiger partial charge on any atom is -0.331 e. The van der Waals surface area contributed by atoms with E-state index in [1.54, 1.807) is 4.90 Å². The zero-order valence-electron chi connectivity index (χ0n) is 15.6. The summed E-state index contributed by atoms with van der Waals surface area (Å²) in [6, 6.07) is 7.43. The van der Waals surface area contributed by atoms with Crippen molar-refractivity contribution >= 4 is 26.9 Å². The fraction of sp³-hybridized carbons (Fsp3) is 0.556. The lowest BCUT2D eigenvalue weighted by atomic mass is 10.1. The van der Waals surface area contributed by atoms with Crippen LogP contribution < -0.4 is 10.6 Å². The largest absolute Gasteiger partial charge is 0.331 e. The molecule has 1 aromatic heterocycles. The van der Waals surface area contributed by atoms with E-state index in [4.69, 9.17) is 0 Å². The first-order chi connectivity index (χ1) is 12.9. The van der Waals surface area contributed by atoms with Crippen molar-refractivity contribution in [1.82, 2.24) is 25.1 Å². The maximum Gasteiger partial charge on any atom is 0.318 e. The highest BCUT2D eigenvalue weighted by Gasteiger charge is 2.44. The summed E-state index contributed by atoms with van der Waals surface area (Å²) in [4.78, 5) is 19.1. The van der Waals surface area contributed by atoms with Crippen molar-refractivity contribution in [2.24, 2.45) is 0 Å². The summed E-state index contributed by atoms with van der Waals surface area (Å²) in [5, 5.41) is 6.17. The van der Waals surface area contributed by atoms with Crippen LogP contribution in [0.15, 0.2) is 24.3 Å². The topological polar surface area (TPSA) is 96.3 Å². The smallest absolute Gasteiger partial charge is 0.318 e. The molecule has 1 aromatic carbocycles. The Balaban J connectivity index is 1.51. The maximum absolute atomic E-state index is 12.8. The number of piperazine rings is 1. The SMILES string of the molecule is CC(C)n1c(CNC(=O)N2CCN[C@H]3CS(=O)(=O)C[C@H]32)nc2ccccc21. The standard InChI is InChI=1S/C18H25N5O3S/c1-12(2)23-15-6-4-3-5-13(15)21-17(23)9-20-18(24)22-8-7-19-14-10-27(25,26)11-16(14)22/h3-6,12,14,16,19H,7-11H2,1-2H3,(H,20,24)/t14-,16+/m0/s1. The van der Waals surface area contributed by atoms with Crippen LogP contribution in [0.3, 0.4) is 0 Å². The number of rotatable bonds is 3. The molecule has 2 fully saturated rings. The van der Waals surface area contributed by atoms with E-state index in [1.165, 1.54) is 0 Å². The first kappa shape index (κ1) is 18.2. The van der Waals surface area contributed by atoms with Crippen molar-refractivity contribution in [2.75, 3.05) is 24.6 Å². The Morgan fingerprint density at radius 1 is 1.33 bits per heavy atom. The number of nitrogens with zero attached hydrogens (tertiary/aromatic N) is 3. The molecule has 8 nitrogen and oxygen atoms in total. The van der Waals surface area contributed by atoms with Crippen molar-refractivity contribution in [3.05, 3.63) is 30.1 Å². The van der Waals surface area contributed by atoms with Gasteiger partial charge in [0.2, 0.25) is 0 Å². The number of nitrogens with one attached hydrogen (secondary N) is 2. The minimum atomic E-state index is -3.10. The lowest BCUT2D eigenvalue weighted by Gasteiger charge is -2.37. The predicted octanol–water partition coefficient (Wildman–Crippen LogP) is 0.898. The fourth-order valence-corrected chi connectivity index (χ4v) is 6.13. The number of fused-ring (bicyclic) bond motifs is 2. The number of imidazole rings is 1. The number of urea groups is 1. The van der Waals surface area contributed by atoms with Gasteiger partial charge in [-0.3, -0.25) is 0 Å². The number of para-hydroxylation sites is 2. The van der Waals surface area contributed by atoms with Gasteiger partial charge in [-0.25, -0.2) is 18.2 Å². The van der Waals surface area contributed by atoms with Gasteiger partial charge in [-0.1, -0.05) is 12.1 Å². The van der Waals surface area contributed by atoms with Gasteiger partial charge in [0, 0.05) is 25.2 Å². The lowest BCUT2D eigenvalue weighted by molar-refractivity contribution is 0.151. The molecule has 4 rings (SSSR count). The second-order valence-corrected chi connectivity index (χ2v) is 9.69. The zero-order chi connectivity index (χ0) is 19.2. The van der Waals surface area contributed by atoms with Crippen molar-refractivity contribution in [3.8, 4) is 0 Å². The molecule has 0 unspecified atom stereocenters. The molecule has 2 saturated heterocycles. The summed E-state index contributed by atoms with van der Waals surface area (Å²) >= 11 is 0. The van der Waals surface area contributed by atoms with Gasteiger partial charge in [-0.2, -0.15) is 0 Å². The minimum absolute atomic E-state index is 0.0304. The average molecular weight is 391 g/mol. The molecule has 0 radical (unpaired) electrons. The van der Waals surface area contributed by atoms with Gasteiger partial charge < -0.3 is 20.1 Å². The Kier molecular flexibility index (Phi) is 4.59. The predicted molar refractivity (Wildman–Crippen MR) is 103 cm³/mol. The van der Waals surface area contributed by atoms with Crippen molar-refractivity contribution in [3.63, 3.8) is 0 Å². The quantitative estimate of drug-likeness (QED) is 0.810. The molecule has 2 aliphatic heterocycles. The zero-order valence-corrected chi connectivity index (χ0v) is 16.4. The van der Waals surface area contributed by atoms with Crippen LogP contribution in [0.4, 0.5) is 4.79 Å². The summed E-state index contributed by atoms with van der Waals surface area (Å²) < 4.78 is 26.0. The molecule has 2 atom stereocenters. The molecule has 9 heteroatoms. The van der Waals surface area contributed by atoms with Gasteiger partial charge in [0.1, 0.15) is 5.82 Å². The summed E-state index contributed by atoms with van der Waals surface area (Å²) in [5.74, 6) is 0.929. The number of sulfone groups is 1. The van der Waals surface area contributed by atoms with Crippen LogP contribution in [0.25, 0.3) is 11.0 Å². The van der Waals surface area contributed by atoms with E-state index in [0.29, 0.717) is 19.6 Å². The molecule has 27 heavy (non-hydrogen) atoms. The maximum atomic E-state index is 12.8. The van der Waals surface area contributed by atoms with Gasteiger partial charge in [0.25, 0.3) is 0 Å². The Morgan fingerprint density at radius 2 is 2.11 bits per heavy atom. The third-order valence-electron chi connectivity index (χ3n) is 5.33. The Bertz CT molecular complexity index is 969. The normalized spacial score (nSPS) is 24.3. The molecule has 2 aliphatic rings. The number of hydrogen-bond acceptors (Lipinski definition) is 5. The molecule has 2 N–H and O–H groups in total. The number of benzene rings is 1. The van der Waals surface area contributed by atoms with Gasteiger partial charge >= 0.3 is 6.03 Å². The molecule has 3 heterocycles. The molecule has 146 valence electrons. The first-order valence-electron chi connectivity index (χ1n) is 9.30. The van der Waals surface area contributed by atoms with Crippen LogP contribution in [0.5, 0.6) is 0 Å². The molecule has 0 spiro atoms. The highest BCUT2D eigenvalue weighted by atomic mass is 32.2. The van der Waals surface area contributed by atoms with E-state index in [2.05, 4.69) is 34.0 Å². The molecular formula is C18H25N5O3S. The molecule has 0 aliphatic carbocycles. The van der Waals surface area contributed by atoms with E-state index in [0.717, 1.165) is 16.9 Å². The number of carbonyl (C=O) groups excluding carboxylic acids is 1. The molecule has 0 bridgehead atoms. The summed E-state index contributed by atoms with van der Waals surface area (Å²) in [6.07, 6.45) is 0. The van der Waals surface area contributed by atoms with E-state index in [1.807, 2.05) is 24.3 Å². The van der Waals surface area contributed by atoms with Crippen LogP contribution in [0.2, 0.25) is 0 Å². The van der Waals surface area contributed by atoms with Gasteiger partial charge in [0.05, 0.1) is 35.1 Å². The van der Waals surface area contributed by atoms with Gasteiger partial charge in [-0.15, -0.1) is 0 Å². The number of carbonyl (C=O) groups is 1. The molecule has 0 saturated carbocycles. The second-order valence-electron chi connectivity index (χ2n) is 7.54. The lowest BCUT2D eigenvalue weighted by Crippen LogP contribution is -2.60. The molecular weight excluding hydrogens is 366 g/mol. The third kappa shape index (κ3) is 3.41. The van der Waals surface area contributed by atoms with Crippen LogP contribution in [-0.2, 0) is 16.4 Å². The Labute approximate surface area is 158 Å². The first-order valence-corrected chi connectivity index (χ1v) is 11.1. The third-order valence-corrected chi connectivity index (χ3v) is 7.04. The Hall–Kier alpha value is -2.13. The summed E-state index contributed by atoms with van der Waals surface area (Å²) in [5.41, 5.74) is 1.94. The van der Waals surface area contributed by atoms with Gasteiger partial charge in [-0.05, 0) is 26.0 Å². The van der Waals surface area contributed by atoms with Crippen LogP contribution in [0, 0.1) is 0 Å². The highest BCUT2D eigenvalue weighted by molar-refractivity contribution is 7.91. The van der Waals surface area contributed by atoms with Gasteiger partial charge in [0.15, 0.2) is 9.84 Å². The molecule has 2 amide bonds. The van der Waals surface area contributed by atoms with Crippen molar-refractivity contribution in [1.29, 1.82) is 0 Å². The van der Waals surface area contributed by atoms with Crippen LogP contribution in [-0.4, -0.2) is 65.6 Å².